The van der Waals surface area contributed by atoms with Gasteiger partial charge < -0.3 is 25.2 Å². The van der Waals surface area contributed by atoms with Gasteiger partial charge in [-0.1, -0.05) is 0 Å². The molecule has 30 heavy (non-hydrogen) atoms. The average molecular weight is 412 g/mol. The van der Waals surface area contributed by atoms with E-state index in [1.807, 2.05) is 12.1 Å². The lowest BCUT2D eigenvalue weighted by Crippen LogP contribution is -2.58. The Labute approximate surface area is 173 Å². The van der Waals surface area contributed by atoms with E-state index in [9.17, 15) is 5.11 Å². The minimum Gasteiger partial charge on any atom is -0.492 e. The monoisotopic (exact) mass is 412 g/mol. The first-order valence-electron chi connectivity index (χ1n) is 9.63. The fraction of sp³-hybridized carbons (Fsp3) is 0.474. The van der Waals surface area contributed by atoms with Gasteiger partial charge in [0.25, 0.3) is 0 Å². The van der Waals surface area contributed by atoms with Gasteiger partial charge in [0.1, 0.15) is 17.6 Å². The van der Waals surface area contributed by atoms with E-state index in [2.05, 4.69) is 36.4 Å². The molecule has 0 spiro atoms. The molecule has 2 aliphatic rings. The summed E-state index contributed by atoms with van der Waals surface area (Å²) in [5.41, 5.74) is 7.25. The van der Waals surface area contributed by atoms with Gasteiger partial charge in [-0.3, -0.25) is 0 Å². The van der Waals surface area contributed by atoms with Crippen LogP contribution in [0, 0.1) is 16.7 Å². The van der Waals surface area contributed by atoms with Crippen molar-refractivity contribution in [2.45, 2.75) is 18.6 Å². The maximum atomic E-state index is 9.69. The van der Waals surface area contributed by atoms with Crippen LogP contribution in [0.15, 0.2) is 24.7 Å². The number of hydrogen-bond donors (Lipinski definition) is 5. The summed E-state index contributed by atoms with van der Waals surface area (Å²) in [5.74, 6) is 1.71. The Morgan fingerprint density at radius 3 is 2.80 bits per heavy atom. The van der Waals surface area contributed by atoms with E-state index in [1.165, 1.54) is 12.4 Å². The van der Waals surface area contributed by atoms with Gasteiger partial charge in [0.05, 0.1) is 55.9 Å². The van der Waals surface area contributed by atoms with Gasteiger partial charge in [-0.15, -0.1) is 0 Å². The summed E-state index contributed by atoms with van der Waals surface area (Å²) >= 11 is 0. The molecule has 0 saturated carbocycles. The molecule has 11 heteroatoms. The van der Waals surface area contributed by atoms with Crippen LogP contribution in [0.4, 0.5) is 5.82 Å². The number of aromatic nitrogens is 3. The lowest BCUT2D eigenvalue weighted by molar-refractivity contribution is 0.0206. The van der Waals surface area contributed by atoms with E-state index in [4.69, 9.17) is 14.7 Å². The number of aliphatic hydroxyl groups excluding tert-OH is 1. The van der Waals surface area contributed by atoms with Crippen LogP contribution in [-0.2, 0) is 0 Å². The number of methoxy groups -OCH3 is 1. The summed E-state index contributed by atoms with van der Waals surface area (Å²) in [6.07, 6.45) is 5.12. The Bertz CT molecular complexity index is 907. The minimum absolute atomic E-state index is 0.0679. The van der Waals surface area contributed by atoms with Crippen molar-refractivity contribution >= 4 is 5.82 Å². The average Bonchev–Trinajstić information content (AvgIpc) is 3.21. The summed E-state index contributed by atoms with van der Waals surface area (Å²) in [6.45, 7) is 1.92. The predicted octanol–water partition coefficient (Wildman–Crippen LogP) is -0.310. The number of pyridine rings is 1. The maximum Gasteiger partial charge on any atom is 0.221 e. The van der Waals surface area contributed by atoms with Crippen LogP contribution in [0.25, 0.3) is 0 Å². The normalized spacial score (nSPS) is 22.0. The van der Waals surface area contributed by atoms with Crippen LogP contribution in [0.3, 0.4) is 0 Å². The van der Waals surface area contributed by atoms with E-state index < -0.39 is 0 Å². The SMILES string of the molecule is COc1nccc(OCC2(CO)CNC2)c1C1CC(Nc2cnc(C#N)cn2)NN1. The first kappa shape index (κ1) is 20.2. The fourth-order valence-electron chi connectivity index (χ4n) is 3.49. The number of ether oxygens (including phenoxy) is 2. The smallest absolute Gasteiger partial charge is 0.221 e. The Hall–Kier alpha value is -3.04. The topological polar surface area (TPSA) is 149 Å². The third-order valence-corrected chi connectivity index (χ3v) is 5.32. The van der Waals surface area contributed by atoms with E-state index in [0.29, 0.717) is 30.5 Å². The van der Waals surface area contributed by atoms with Gasteiger partial charge in [0.15, 0.2) is 5.69 Å². The molecule has 4 heterocycles. The van der Waals surface area contributed by atoms with Crippen molar-refractivity contribution in [2.24, 2.45) is 5.41 Å². The third kappa shape index (κ3) is 4.12. The van der Waals surface area contributed by atoms with Gasteiger partial charge in [-0.05, 0) is 6.07 Å². The van der Waals surface area contributed by atoms with Crippen LogP contribution in [0.5, 0.6) is 11.6 Å². The second-order valence-electron chi connectivity index (χ2n) is 7.45. The van der Waals surface area contributed by atoms with Crippen molar-refractivity contribution < 1.29 is 14.6 Å². The molecule has 2 unspecified atom stereocenters. The molecule has 2 aromatic heterocycles. The molecule has 4 rings (SSSR count). The largest absolute Gasteiger partial charge is 0.492 e. The number of nitrogens with zero attached hydrogens (tertiary/aromatic N) is 4. The zero-order valence-corrected chi connectivity index (χ0v) is 16.6. The quantitative estimate of drug-likeness (QED) is 0.388. The van der Waals surface area contributed by atoms with Crippen LogP contribution < -0.4 is 31.0 Å². The molecule has 2 saturated heterocycles. The summed E-state index contributed by atoms with van der Waals surface area (Å²) in [4.78, 5) is 12.5. The highest BCUT2D eigenvalue weighted by Crippen LogP contribution is 2.37. The van der Waals surface area contributed by atoms with Crippen molar-refractivity contribution in [3.05, 3.63) is 35.9 Å². The first-order valence-corrected chi connectivity index (χ1v) is 9.63. The zero-order valence-electron chi connectivity index (χ0n) is 16.6. The van der Waals surface area contributed by atoms with E-state index in [-0.39, 0.29) is 29.9 Å². The van der Waals surface area contributed by atoms with Gasteiger partial charge in [-0.2, -0.15) is 5.26 Å². The predicted molar refractivity (Wildman–Crippen MR) is 106 cm³/mol. The maximum absolute atomic E-state index is 9.69. The second-order valence-corrected chi connectivity index (χ2v) is 7.45. The van der Waals surface area contributed by atoms with Crippen LogP contribution in [0.1, 0.15) is 23.7 Å². The summed E-state index contributed by atoms with van der Waals surface area (Å²) in [7, 11) is 1.57. The highest BCUT2D eigenvalue weighted by Gasteiger charge is 2.38. The number of nitriles is 1. The van der Waals surface area contributed by atoms with E-state index in [1.54, 1.807) is 13.3 Å². The van der Waals surface area contributed by atoms with Gasteiger partial charge in [-0.25, -0.2) is 25.8 Å². The molecule has 2 aliphatic heterocycles. The third-order valence-electron chi connectivity index (χ3n) is 5.32. The Kier molecular flexibility index (Phi) is 5.91. The van der Waals surface area contributed by atoms with Crippen molar-refractivity contribution in [1.82, 2.24) is 31.1 Å². The lowest BCUT2D eigenvalue weighted by atomic mass is 9.84. The van der Waals surface area contributed by atoms with Crippen molar-refractivity contribution in [2.75, 3.05) is 38.7 Å². The summed E-state index contributed by atoms with van der Waals surface area (Å²) in [5, 5.41) is 24.9. The Morgan fingerprint density at radius 2 is 2.17 bits per heavy atom. The lowest BCUT2D eigenvalue weighted by Gasteiger charge is -2.40. The van der Waals surface area contributed by atoms with Gasteiger partial charge in [0.2, 0.25) is 5.88 Å². The Balaban J connectivity index is 1.46. The van der Waals surface area contributed by atoms with Crippen molar-refractivity contribution in [1.29, 1.82) is 5.26 Å². The van der Waals surface area contributed by atoms with Crippen molar-refractivity contribution in [3.63, 3.8) is 0 Å². The standard InChI is InChI=1S/C19H24N8O3/c1-29-18-17(14(2-3-22-18)30-11-19(10-28)8-21-9-19)13-4-15(27-26-13)25-16-7-23-12(5-20)6-24-16/h2-3,6-7,13,15,21,26-28H,4,8-11H2,1H3,(H,24,25). The van der Waals surface area contributed by atoms with Crippen molar-refractivity contribution in [3.8, 4) is 17.7 Å². The minimum atomic E-state index is -0.256. The number of hydrazine groups is 1. The molecule has 0 aliphatic carbocycles. The number of rotatable bonds is 8. The number of nitrogens with one attached hydrogen (secondary N) is 4. The highest BCUT2D eigenvalue weighted by molar-refractivity contribution is 5.43. The zero-order chi connectivity index (χ0) is 21.0. The molecule has 0 radical (unpaired) electrons. The molecule has 11 nitrogen and oxygen atoms in total. The highest BCUT2D eigenvalue weighted by atomic mass is 16.5. The molecule has 0 amide bonds. The Morgan fingerprint density at radius 1 is 1.30 bits per heavy atom. The number of anilines is 1. The summed E-state index contributed by atoms with van der Waals surface area (Å²) in [6, 6.07) is 3.63. The van der Waals surface area contributed by atoms with Crippen LogP contribution in [0.2, 0.25) is 0 Å². The molecular weight excluding hydrogens is 388 g/mol. The molecule has 0 aromatic carbocycles. The molecule has 2 aromatic rings. The molecule has 2 fully saturated rings. The molecular formula is C19H24N8O3. The van der Waals surface area contributed by atoms with Gasteiger partial charge >= 0.3 is 0 Å². The van der Waals surface area contributed by atoms with E-state index >= 15 is 0 Å². The fourth-order valence-corrected chi connectivity index (χ4v) is 3.49. The van der Waals surface area contributed by atoms with Gasteiger partial charge in [0, 0.05) is 25.7 Å². The molecule has 5 N–H and O–H groups in total. The number of aliphatic hydroxyl groups is 1. The molecule has 158 valence electrons. The van der Waals surface area contributed by atoms with Crippen LogP contribution in [-0.4, -0.2) is 59.6 Å². The second kappa shape index (κ2) is 8.76. The number of hydrogen-bond acceptors (Lipinski definition) is 11. The van der Waals surface area contributed by atoms with Crippen LogP contribution >= 0.6 is 0 Å². The molecule has 0 bridgehead atoms. The summed E-state index contributed by atoms with van der Waals surface area (Å²) < 4.78 is 11.6. The first-order chi connectivity index (χ1) is 14.7. The van der Waals surface area contributed by atoms with E-state index in [0.717, 1.165) is 18.7 Å². The molecule has 2 atom stereocenters.